The first-order chi connectivity index (χ1) is 17.6. The lowest BCUT2D eigenvalue weighted by molar-refractivity contribution is 0.0277. The lowest BCUT2D eigenvalue weighted by Crippen LogP contribution is -2.35. The molecule has 1 saturated heterocycles. The van der Waals surface area contributed by atoms with Crippen LogP contribution in [0.15, 0.2) is 70.3 Å². The Morgan fingerprint density at radius 2 is 2.08 bits per heavy atom. The molecule has 0 saturated carbocycles. The molecule has 1 fully saturated rings. The number of nitrogens with zero attached hydrogens (tertiary/aromatic N) is 4. The number of ether oxygens (including phenoxy) is 1. The number of fused-ring (bicyclic) bond motifs is 2. The minimum atomic E-state index is -0.679. The highest BCUT2D eigenvalue weighted by molar-refractivity contribution is 6.00. The molecular weight excluding hydrogens is 460 g/mol. The smallest absolute Gasteiger partial charge is 0.347 e. The standard InChI is InChI=1S/C26H22N6O4/c1-15(33)22-23(20-14-27-10-12-35-20)18-5-4-17(13-19(18)36-25(22)34)30-26-29-9-6-21(31-26)32-11-7-16-3-2-8-28-24(16)32/h2-9,11,13,20,27H,10,12,14H2,1H3,(H,29,30,31). The predicted molar refractivity (Wildman–Crippen MR) is 134 cm³/mol. The number of hydrogen-bond donors (Lipinski definition) is 2. The second-order valence-corrected chi connectivity index (χ2v) is 8.47. The van der Waals surface area contributed by atoms with E-state index in [1.165, 1.54) is 6.92 Å². The number of carbonyl (C=O) groups is 1. The fourth-order valence-corrected chi connectivity index (χ4v) is 4.54. The maximum Gasteiger partial charge on any atom is 0.347 e. The molecule has 6 rings (SSSR count). The van der Waals surface area contributed by atoms with Crippen LogP contribution >= 0.6 is 0 Å². The zero-order valence-corrected chi connectivity index (χ0v) is 19.4. The summed E-state index contributed by atoms with van der Waals surface area (Å²) in [5.74, 6) is 0.672. The molecule has 36 heavy (non-hydrogen) atoms. The van der Waals surface area contributed by atoms with Crippen molar-refractivity contribution in [2.45, 2.75) is 13.0 Å². The van der Waals surface area contributed by atoms with Gasteiger partial charge in [0.2, 0.25) is 5.95 Å². The van der Waals surface area contributed by atoms with Gasteiger partial charge in [0.15, 0.2) is 5.78 Å². The van der Waals surface area contributed by atoms with E-state index in [0.29, 0.717) is 53.7 Å². The minimum absolute atomic E-state index is 0.0282. The summed E-state index contributed by atoms with van der Waals surface area (Å²) in [7, 11) is 0. The number of aromatic nitrogens is 4. The van der Waals surface area contributed by atoms with Crippen molar-refractivity contribution in [1.29, 1.82) is 0 Å². The number of anilines is 2. The highest BCUT2D eigenvalue weighted by Gasteiger charge is 2.27. The van der Waals surface area contributed by atoms with E-state index in [1.807, 2.05) is 41.1 Å². The summed E-state index contributed by atoms with van der Waals surface area (Å²) >= 11 is 0. The van der Waals surface area contributed by atoms with Crippen LogP contribution in [0.25, 0.3) is 27.8 Å². The Balaban J connectivity index is 1.38. The second kappa shape index (κ2) is 8.99. The van der Waals surface area contributed by atoms with Crippen LogP contribution in [0.2, 0.25) is 0 Å². The van der Waals surface area contributed by atoms with Crippen molar-refractivity contribution >= 4 is 39.4 Å². The molecule has 0 bridgehead atoms. The van der Waals surface area contributed by atoms with Gasteiger partial charge < -0.3 is 19.8 Å². The fourth-order valence-electron chi connectivity index (χ4n) is 4.54. The maximum absolute atomic E-state index is 12.8. The Labute approximate surface area is 205 Å². The highest BCUT2D eigenvalue weighted by atomic mass is 16.5. The summed E-state index contributed by atoms with van der Waals surface area (Å²) in [5, 5.41) is 8.08. The number of carbonyl (C=O) groups excluding carboxylic acids is 1. The third-order valence-corrected chi connectivity index (χ3v) is 6.14. The Hall–Kier alpha value is -4.41. The van der Waals surface area contributed by atoms with Gasteiger partial charge in [0.25, 0.3) is 0 Å². The highest BCUT2D eigenvalue weighted by Crippen LogP contribution is 2.31. The summed E-state index contributed by atoms with van der Waals surface area (Å²) in [4.78, 5) is 38.5. The van der Waals surface area contributed by atoms with Crippen molar-refractivity contribution in [3.05, 3.63) is 82.6 Å². The lowest BCUT2D eigenvalue weighted by Gasteiger charge is -2.26. The molecule has 1 aliphatic heterocycles. The fraction of sp³-hybridized carbons (Fsp3) is 0.192. The molecule has 1 aromatic carbocycles. The van der Waals surface area contributed by atoms with Crippen molar-refractivity contribution in [2.24, 2.45) is 0 Å². The predicted octanol–water partition coefficient (Wildman–Crippen LogP) is 3.53. The Bertz CT molecular complexity index is 1670. The van der Waals surface area contributed by atoms with E-state index in [1.54, 1.807) is 24.5 Å². The van der Waals surface area contributed by atoms with Crippen LogP contribution in [0, 0.1) is 0 Å². The molecule has 0 spiro atoms. The minimum Gasteiger partial charge on any atom is -0.422 e. The van der Waals surface area contributed by atoms with Gasteiger partial charge in [0.1, 0.15) is 22.6 Å². The zero-order valence-electron chi connectivity index (χ0n) is 19.4. The van der Waals surface area contributed by atoms with E-state index in [0.717, 1.165) is 11.0 Å². The average Bonchev–Trinajstić information content (AvgIpc) is 3.32. The Kier molecular flexibility index (Phi) is 5.51. The van der Waals surface area contributed by atoms with Crippen molar-refractivity contribution < 1.29 is 13.9 Å². The van der Waals surface area contributed by atoms with Crippen LogP contribution < -0.4 is 16.3 Å². The number of hydrogen-bond acceptors (Lipinski definition) is 9. The Morgan fingerprint density at radius 3 is 2.92 bits per heavy atom. The SMILES string of the molecule is CC(=O)c1c(C2CNCCO2)c2ccc(Nc3nccc(-n4ccc5cccnc54)n3)cc2oc1=O. The average molecular weight is 483 g/mol. The van der Waals surface area contributed by atoms with Gasteiger partial charge in [-0.15, -0.1) is 0 Å². The molecule has 0 amide bonds. The van der Waals surface area contributed by atoms with Crippen LogP contribution in [0.1, 0.15) is 28.9 Å². The van der Waals surface area contributed by atoms with E-state index in [9.17, 15) is 9.59 Å². The van der Waals surface area contributed by atoms with Gasteiger partial charge >= 0.3 is 5.63 Å². The lowest BCUT2D eigenvalue weighted by atomic mass is 9.96. The van der Waals surface area contributed by atoms with Gasteiger partial charge in [0, 0.05) is 59.8 Å². The van der Waals surface area contributed by atoms with Crippen LogP contribution in [0.5, 0.6) is 0 Å². The summed E-state index contributed by atoms with van der Waals surface area (Å²) in [6.07, 6.45) is 4.88. The molecule has 180 valence electrons. The van der Waals surface area contributed by atoms with Crippen LogP contribution in [0.3, 0.4) is 0 Å². The van der Waals surface area contributed by atoms with Gasteiger partial charge in [0.05, 0.1) is 12.7 Å². The Morgan fingerprint density at radius 1 is 1.17 bits per heavy atom. The van der Waals surface area contributed by atoms with Crippen LogP contribution in [0.4, 0.5) is 11.6 Å². The summed E-state index contributed by atoms with van der Waals surface area (Å²) < 4.78 is 13.3. The topological polar surface area (TPSA) is 124 Å². The monoisotopic (exact) mass is 482 g/mol. The molecule has 1 atom stereocenters. The molecule has 0 radical (unpaired) electrons. The number of benzene rings is 1. The normalized spacial score (nSPS) is 15.9. The third kappa shape index (κ3) is 3.92. The molecular formula is C26H22N6O4. The molecule has 5 aromatic rings. The second-order valence-electron chi connectivity index (χ2n) is 8.47. The third-order valence-electron chi connectivity index (χ3n) is 6.14. The molecule has 2 N–H and O–H groups in total. The molecule has 10 heteroatoms. The summed E-state index contributed by atoms with van der Waals surface area (Å²) in [6, 6.07) is 13.0. The molecule has 10 nitrogen and oxygen atoms in total. The number of Topliss-reactive ketones (excluding diaryl/α,β-unsaturated/α-hetero) is 1. The first-order valence-corrected chi connectivity index (χ1v) is 11.5. The van der Waals surface area contributed by atoms with Crippen LogP contribution in [-0.2, 0) is 4.74 Å². The van der Waals surface area contributed by atoms with Gasteiger partial charge in [-0.2, -0.15) is 4.98 Å². The molecule has 0 aliphatic carbocycles. The van der Waals surface area contributed by atoms with Crippen molar-refractivity contribution in [2.75, 3.05) is 25.0 Å². The van der Waals surface area contributed by atoms with E-state index in [-0.39, 0.29) is 11.3 Å². The van der Waals surface area contributed by atoms with Crippen molar-refractivity contribution in [1.82, 2.24) is 24.8 Å². The van der Waals surface area contributed by atoms with Gasteiger partial charge in [-0.05, 0) is 43.3 Å². The number of ketones is 1. The molecule has 1 unspecified atom stereocenters. The first kappa shape index (κ1) is 22.1. The summed E-state index contributed by atoms with van der Waals surface area (Å²) in [6.45, 7) is 3.07. The van der Waals surface area contributed by atoms with Crippen LogP contribution in [-0.4, -0.2) is 45.0 Å². The summed E-state index contributed by atoms with van der Waals surface area (Å²) in [5.41, 5.74) is 1.67. The van der Waals surface area contributed by atoms with E-state index in [4.69, 9.17) is 9.15 Å². The number of nitrogens with one attached hydrogen (secondary N) is 2. The van der Waals surface area contributed by atoms with Gasteiger partial charge in [-0.25, -0.2) is 14.8 Å². The van der Waals surface area contributed by atoms with Gasteiger partial charge in [-0.3, -0.25) is 9.36 Å². The number of morpholine rings is 1. The maximum atomic E-state index is 12.8. The molecule has 4 aromatic heterocycles. The molecule has 5 heterocycles. The van der Waals surface area contributed by atoms with E-state index in [2.05, 4.69) is 25.6 Å². The van der Waals surface area contributed by atoms with E-state index >= 15 is 0 Å². The van der Waals surface area contributed by atoms with Crippen molar-refractivity contribution in [3.63, 3.8) is 0 Å². The van der Waals surface area contributed by atoms with Crippen molar-refractivity contribution in [3.8, 4) is 5.82 Å². The zero-order chi connectivity index (χ0) is 24.6. The quantitative estimate of drug-likeness (QED) is 0.286. The molecule has 1 aliphatic rings. The number of rotatable bonds is 5. The van der Waals surface area contributed by atoms with E-state index < -0.39 is 11.7 Å². The van der Waals surface area contributed by atoms with Gasteiger partial charge in [-0.1, -0.05) is 0 Å². The number of pyridine rings is 1. The first-order valence-electron chi connectivity index (χ1n) is 11.5. The largest absolute Gasteiger partial charge is 0.422 e.